The molecule has 18 heavy (non-hydrogen) atoms. The van der Waals surface area contributed by atoms with Crippen LogP contribution in [-0.4, -0.2) is 14.2 Å². The molecule has 2 nitrogen and oxygen atoms in total. The number of rotatable bonds is 4. The average molecular weight is 334 g/mol. The fourth-order valence-corrected chi connectivity index (χ4v) is 3.99. The first-order chi connectivity index (χ1) is 8.40. The van der Waals surface area contributed by atoms with E-state index in [0.29, 0.717) is 17.1 Å². The predicted molar refractivity (Wildman–Crippen MR) is 78.1 cm³/mol. The molecule has 0 aromatic heterocycles. The molecule has 0 heterocycles. The molecule has 0 aliphatic heterocycles. The van der Waals surface area contributed by atoms with Crippen molar-refractivity contribution in [1.82, 2.24) is 0 Å². The molecule has 0 radical (unpaired) electrons. The summed E-state index contributed by atoms with van der Waals surface area (Å²) in [4.78, 5) is 0.264. The van der Waals surface area contributed by atoms with Gasteiger partial charge in [-0.1, -0.05) is 41.4 Å². The topological polar surface area (TPSA) is 18.5 Å². The molecule has 0 bridgehead atoms. The van der Waals surface area contributed by atoms with Crippen molar-refractivity contribution in [2.45, 2.75) is 25.1 Å². The Bertz CT molecular complexity index is 459. The lowest BCUT2D eigenvalue weighted by Crippen LogP contribution is -2.01. The third-order valence-electron chi connectivity index (χ3n) is 3.74. The zero-order valence-corrected chi connectivity index (χ0v) is 13.4. The third kappa shape index (κ3) is 2.48. The van der Waals surface area contributed by atoms with E-state index in [2.05, 4.69) is 29.8 Å². The van der Waals surface area contributed by atoms with E-state index in [-0.39, 0.29) is 4.83 Å². The molecule has 1 aliphatic carbocycles. The molecule has 2 unspecified atom stereocenters. The molecule has 2 rings (SSSR count). The normalized spacial score (nSPS) is 22.4. The van der Waals surface area contributed by atoms with Crippen LogP contribution in [0, 0.1) is 11.3 Å². The van der Waals surface area contributed by atoms with Crippen LogP contribution in [0.1, 0.15) is 30.7 Å². The molecule has 0 N–H and O–H groups in total. The fraction of sp³-hybridized carbons (Fsp3) is 0.571. The van der Waals surface area contributed by atoms with Gasteiger partial charge >= 0.3 is 0 Å². The van der Waals surface area contributed by atoms with Gasteiger partial charge in [0.25, 0.3) is 0 Å². The summed E-state index contributed by atoms with van der Waals surface area (Å²) in [6, 6.07) is 3.79. The standard InChI is InChI=1S/C14H18BrClO2/c1-14(2)7-9(14)13(15)8-5-11(17-3)12(18-4)6-10(8)16/h5-6,9,13H,7H2,1-4H3. The lowest BCUT2D eigenvalue weighted by Gasteiger charge is -2.17. The number of benzene rings is 1. The Hall–Kier alpha value is -0.410. The molecule has 1 aliphatic rings. The van der Waals surface area contributed by atoms with Gasteiger partial charge in [0.15, 0.2) is 11.5 Å². The van der Waals surface area contributed by atoms with Gasteiger partial charge in [0.1, 0.15) is 0 Å². The molecule has 0 saturated heterocycles. The van der Waals surface area contributed by atoms with E-state index < -0.39 is 0 Å². The van der Waals surface area contributed by atoms with E-state index in [4.69, 9.17) is 21.1 Å². The monoisotopic (exact) mass is 332 g/mol. The number of ether oxygens (including phenoxy) is 2. The highest BCUT2D eigenvalue weighted by atomic mass is 79.9. The Balaban J connectivity index is 2.33. The van der Waals surface area contributed by atoms with Gasteiger partial charge in [0, 0.05) is 15.9 Å². The summed E-state index contributed by atoms with van der Waals surface area (Å²) >= 11 is 10.1. The van der Waals surface area contributed by atoms with Gasteiger partial charge < -0.3 is 9.47 Å². The molecule has 4 heteroatoms. The number of alkyl halides is 1. The van der Waals surface area contributed by atoms with Gasteiger partial charge in [0.05, 0.1) is 14.2 Å². The van der Waals surface area contributed by atoms with Gasteiger partial charge in [0.2, 0.25) is 0 Å². The summed E-state index contributed by atoms with van der Waals surface area (Å²) in [6.07, 6.45) is 1.22. The van der Waals surface area contributed by atoms with Crippen LogP contribution in [0.4, 0.5) is 0 Å². The second-order valence-electron chi connectivity index (χ2n) is 5.43. The van der Waals surface area contributed by atoms with Crippen LogP contribution < -0.4 is 9.47 Å². The molecule has 0 amide bonds. The van der Waals surface area contributed by atoms with Crippen molar-refractivity contribution in [3.8, 4) is 11.5 Å². The Morgan fingerprint density at radius 1 is 1.28 bits per heavy atom. The molecular weight excluding hydrogens is 316 g/mol. The zero-order chi connectivity index (χ0) is 13.5. The second-order valence-corrected chi connectivity index (χ2v) is 6.82. The smallest absolute Gasteiger partial charge is 0.162 e. The summed E-state index contributed by atoms with van der Waals surface area (Å²) in [7, 11) is 3.25. The minimum Gasteiger partial charge on any atom is -0.493 e. The van der Waals surface area contributed by atoms with Gasteiger partial charge in [-0.2, -0.15) is 0 Å². The van der Waals surface area contributed by atoms with Crippen molar-refractivity contribution in [3.63, 3.8) is 0 Å². The second kappa shape index (κ2) is 4.93. The Kier molecular flexibility index (Phi) is 3.84. The Labute approximate surface area is 122 Å². The van der Waals surface area contributed by atoms with Gasteiger partial charge in [-0.15, -0.1) is 0 Å². The van der Waals surface area contributed by atoms with Crippen molar-refractivity contribution in [2.24, 2.45) is 11.3 Å². The van der Waals surface area contributed by atoms with Crippen LogP contribution in [0.5, 0.6) is 11.5 Å². The largest absolute Gasteiger partial charge is 0.493 e. The van der Waals surface area contributed by atoms with Crippen LogP contribution in [-0.2, 0) is 0 Å². The first-order valence-electron chi connectivity index (χ1n) is 5.96. The summed E-state index contributed by atoms with van der Waals surface area (Å²) < 4.78 is 10.6. The fourth-order valence-electron chi connectivity index (χ4n) is 2.31. The molecule has 1 aromatic carbocycles. The lowest BCUT2D eigenvalue weighted by atomic mass is 10.0. The molecule has 1 fully saturated rings. The Morgan fingerprint density at radius 2 is 1.78 bits per heavy atom. The van der Waals surface area contributed by atoms with Crippen molar-refractivity contribution < 1.29 is 9.47 Å². The van der Waals surface area contributed by atoms with Crippen LogP contribution >= 0.6 is 27.5 Å². The van der Waals surface area contributed by atoms with Crippen LogP contribution in [0.15, 0.2) is 12.1 Å². The van der Waals surface area contributed by atoms with E-state index in [1.165, 1.54) is 6.42 Å². The highest BCUT2D eigenvalue weighted by Gasteiger charge is 2.50. The van der Waals surface area contributed by atoms with Crippen molar-refractivity contribution in [2.75, 3.05) is 14.2 Å². The highest BCUT2D eigenvalue weighted by Crippen LogP contribution is 2.61. The van der Waals surface area contributed by atoms with Crippen LogP contribution in [0.2, 0.25) is 5.02 Å². The highest BCUT2D eigenvalue weighted by molar-refractivity contribution is 9.09. The van der Waals surface area contributed by atoms with Crippen molar-refractivity contribution in [3.05, 3.63) is 22.7 Å². The predicted octanol–water partition coefficient (Wildman–Crippen LogP) is 4.84. The molecule has 2 atom stereocenters. The average Bonchev–Trinajstić information content (AvgIpc) is 2.97. The van der Waals surface area contributed by atoms with Gasteiger partial charge in [-0.05, 0) is 29.4 Å². The van der Waals surface area contributed by atoms with Crippen LogP contribution in [0.25, 0.3) is 0 Å². The number of halogens is 2. The maximum Gasteiger partial charge on any atom is 0.162 e. The first kappa shape index (κ1) is 14.0. The summed E-state index contributed by atoms with van der Waals surface area (Å²) in [6.45, 7) is 4.56. The summed E-state index contributed by atoms with van der Waals surface area (Å²) in [5.74, 6) is 2.01. The molecule has 1 aromatic rings. The van der Waals surface area contributed by atoms with E-state index in [1.807, 2.05) is 12.1 Å². The lowest BCUT2D eigenvalue weighted by molar-refractivity contribution is 0.354. The minimum absolute atomic E-state index is 0.264. The van der Waals surface area contributed by atoms with E-state index >= 15 is 0 Å². The summed E-state index contributed by atoms with van der Waals surface area (Å²) in [5.41, 5.74) is 1.47. The zero-order valence-electron chi connectivity index (χ0n) is 11.1. The number of methoxy groups -OCH3 is 2. The quantitative estimate of drug-likeness (QED) is 0.734. The van der Waals surface area contributed by atoms with E-state index in [0.717, 1.165) is 16.3 Å². The SMILES string of the molecule is COc1cc(Cl)c(C(Br)C2CC2(C)C)cc1OC. The minimum atomic E-state index is 0.264. The molecule has 0 spiro atoms. The third-order valence-corrected chi connectivity index (χ3v) is 5.20. The number of hydrogen-bond acceptors (Lipinski definition) is 2. The summed E-state index contributed by atoms with van der Waals surface area (Å²) in [5, 5.41) is 0.720. The van der Waals surface area contributed by atoms with E-state index in [1.54, 1.807) is 14.2 Å². The van der Waals surface area contributed by atoms with Gasteiger partial charge in [-0.3, -0.25) is 0 Å². The first-order valence-corrected chi connectivity index (χ1v) is 7.25. The molecule has 100 valence electrons. The Morgan fingerprint density at radius 3 is 2.22 bits per heavy atom. The number of hydrogen-bond donors (Lipinski definition) is 0. The molecular formula is C14H18BrClO2. The maximum atomic E-state index is 6.33. The van der Waals surface area contributed by atoms with Gasteiger partial charge in [-0.25, -0.2) is 0 Å². The van der Waals surface area contributed by atoms with Crippen molar-refractivity contribution in [1.29, 1.82) is 0 Å². The van der Waals surface area contributed by atoms with Crippen LogP contribution in [0.3, 0.4) is 0 Å². The maximum absolute atomic E-state index is 6.33. The van der Waals surface area contributed by atoms with Crippen molar-refractivity contribution >= 4 is 27.5 Å². The van der Waals surface area contributed by atoms with E-state index in [9.17, 15) is 0 Å². The molecule has 1 saturated carbocycles.